The maximum atomic E-state index is 12.7. The van der Waals surface area contributed by atoms with E-state index in [1.54, 1.807) is 43.1 Å². The summed E-state index contributed by atoms with van der Waals surface area (Å²) in [4.78, 5) is 13.8. The van der Waals surface area contributed by atoms with Crippen LogP contribution in [0.4, 0.5) is 16.2 Å². The first kappa shape index (κ1) is 32.2. The normalized spacial score (nSPS) is 17.4. The van der Waals surface area contributed by atoms with Gasteiger partial charge in [-0.3, -0.25) is 0 Å². The van der Waals surface area contributed by atoms with Crippen LogP contribution in [0.25, 0.3) is 0 Å². The van der Waals surface area contributed by atoms with Crippen molar-refractivity contribution in [2.45, 2.75) is 36.4 Å². The molecular formula is C38H36N2O6S. The minimum atomic E-state index is -0.603. The number of aliphatic hydroxyl groups is 1. The van der Waals surface area contributed by atoms with Gasteiger partial charge >= 0.3 is 6.03 Å². The van der Waals surface area contributed by atoms with Crippen molar-refractivity contribution in [3.63, 3.8) is 0 Å². The Morgan fingerprint density at radius 1 is 0.766 bits per heavy atom. The van der Waals surface area contributed by atoms with Gasteiger partial charge < -0.3 is 34.7 Å². The lowest BCUT2D eigenvalue weighted by atomic mass is 10.0. The zero-order valence-electron chi connectivity index (χ0n) is 25.9. The predicted octanol–water partition coefficient (Wildman–Crippen LogP) is 8.96. The van der Waals surface area contributed by atoms with Crippen molar-refractivity contribution in [2.75, 3.05) is 23.5 Å². The number of aliphatic hydroxyl groups excluding tert-OH is 1. The standard InChI is InChI=1S/C38H36N2O6S/c1-43-34-9-5-6-10-36(34)47-25-33-23-35(27-13-11-26(24-41)12-14-27)46-37(45-33)28-15-17-29(18-16-28)39-38(42)40-30-19-21-32(22-20-30)44-31-7-3-2-4-8-31/h2-22,33,35,37,41H,23-25H2,1H3,(H2,39,40,42)/t33-,35+,37+/m0/s1. The summed E-state index contributed by atoms with van der Waals surface area (Å²) in [7, 11) is 1.67. The van der Waals surface area contributed by atoms with Crippen molar-refractivity contribution in [3.05, 3.63) is 144 Å². The third-order valence-corrected chi connectivity index (χ3v) is 8.83. The molecule has 1 fully saturated rings. The van der Waals surface area contributed by atoms with Crippen molar-refractivity contribution < 1.29 is 28.8 Å². The number of anilines is 2. The van der Waals surface area contributed by atoms with Crippen molar-refractivity contribution >= 4 is 29.2 Å². The van der Waals surface area contributed by atoms with Crippen LogP contribution < -0.4 is 20.1 Å². The number of rotatable bonds is 11. The third kappa shape index (κ3) is 8.72. The van der Waals surface area contributed by atoms with E-state index in [0.717, 1.165) is 33.1 Å². The summed E-state index contributed by atoms with van der Waals surface area (Å²) in [5.41, 5.74) is 3.98. The molecule has 0 aromatic heterocycles. The molecule has 1 saturated heterocycles. The van der Waals surface area contributed by atoms with Gasteiger partial charge in [-0.2, -0.15) is 0 Å². The average molecular weight is 649 g/mol. The first-order chi connectivity index (χ1) is 23.1. The number of hydrogen-bond donors (Lipinski definition) is 3. The van der Waals surface area contributed by atoms with Gasteiger partial charge in [0.05, 0.1) is 25.9 Å². The zero-order chi connectivity index (χ0) is 32.4. The van der Waals surface area contributed by atoms with Gasteiger partial charge in [-0.1, -0.05) is 66.7 Å². The molecule has 1 aliphatic heterocycles. The predicted molar refractivity (Wildman–Crippen MR) is 184 cm³/mol. The number of nitrogens with one attached hydrogen (secondary N) is 2. The Balaban J connectivity index is 1.09. The lowest BCUT2D eigenvalue weighted by Crippen LogP contribution is -2.31. The van der Waals surface area contributed by atoms with Gasteiger partial charge in [0, 0.05) is 34.0 Å². The molecule has 47 heavy (non-hydrogen) atoms. The van der Waals surface area contributed by atoms with Crippen LogP contribution in [0.1, 0.15) is 35.5 Å². The van der Waals surface area contributed by atoms with Crippen molar-refractivity contribution in [1.29, 1.82) is 0 Å². The summed E-state index contributed by atoms with van der Waals surface area (Å²) >= 11 is 1.69. The van der Waals surface area contributed by atoms with E-state index < -0.39 is 6.29 Å². The van der Waals surface area contributed by atoms with Crippen LogP contribution in [0.5, 0.6) is 17.2 Å². The molecule has 5 aromatic carbocycles. The molecule has 0 spiro atoms. The van der Waals surface area contributed by atoms with Crippen LogP contribution in [0, 0.1) is 0 Å². The number of methoxy groups -OCH3 is 1. The molecule has 6 rings (SSSR count). The molecule has 0 radical (unpaired) electrons. The van der Waals surface area contributed by atoms with E-state index >= 15 is 0 Å². The maximum absolute atomic E-state index is 12.7. The summed E-state index contributed by atoms with van der Waals surface area (Å²) in [6.07, 6.45) is -0.220. The second kappa shape index (κ2) is 15.7. The Morgan fingerprint density at radius 3 is 2.06 bits per heavy atom. The second-order valence-corrected chi connectivity index (χ2v) is 12.0. The van der Waals surface area contributed by atoms with E-state index in [1.165, 1.54) is 0 Å². The number of para-hydroxylation sites is 2. The van der Waals surface area contributed by atoms with Gasteiger partial charge in [0.1, 0.15) is 17.2 Å². The van der Waals surface area contributed by atoms with Crippen molar-refractivity contribution in [3.8, 4) is 17.2 Å². The second-order valence-electron chi connectivity index (χ2n) is 11.0. The number of hydrogen-bond acceptors (Lipinski definition) is 7. The molecule has 3 atom stereocenters. The van der Waals surface area contributed by atoms with Gasteiger partial charge in [0.25, 0.3) is 0 Å². The number of carbonyl (C=O) groups is 1. The molecule has 0 saturated carbocycles. The molecule has 9 heteroatoms. The monoisotopic (exact) mass is 648 g/mol. The molecule has 3 N–H and O–H groups in total. The molecule has 0 unspecified atom stereocenters. The summed E-state index contributed by atoms with van der Waals surface area (Å²) in [6, 6.07) is 39.6. The highest BCUT2D eigenvalue weighted by Crippen LogP contribution is 2.40. The molecule has 5 aromatic rings. The number of urea groups is 1. The topological polar surface area (TPSA) is 98.3 Å². The molecule has 0 bridgehead atoms. The fourth-order valence-corrected chi connectivity index (χ4v) is 6.24. The van der Waals surface area contributed by atoms with Crippen LogP contribution >= 0.6 is 11.8 Å². The Morgan fingerprint density at radius 2 is 1.38 bits per heavy atom. The number of ether oxygens (including phenoxy) is 4. The van der Waals surface area contributed by atoms with E-state index in [-0.39, 0.29) is 24.8 Å². The fourth-order valence-electron chi connectivity index (χ4n) is 5.19. The molecule has 8 nitrogen and oxygen atoms in total. The highest BCUT2D eigenvalue weighted by atomic mass is 32.2. The SMILES string of the molecule is COc1ccccc1SC[C@@H]1C[C@H](c2ccc(CO)cc2)O[C@H](c2ccc(NC(=O)Nc3ccc(Oc4ccccc4)cc3)cc2)O1. The van der Waals surface area contributed by atoms with Crippen LogP contribution in [0.3, 0.4) is 0 Å². The van der Waals surface area contributed by atoms with Gasteiger partial charge in [-0.25, -0.2) is 4.79 Å². The number of amides is 2. The van der Waals surface area contributed by atoms with Gasteiger partial charge in [0.15, 0.2) is 6.29 Å². The van der Waals surface area contributed by atoms with Crippen molar-refractivity contribution in [2.24, 2.45) is 0 Å². The molecule has 1 heterocycles. The number of thioether (sulfide) groups is 1. The first-order valence-corrected chi connectivity index (χ1v) is 16.3. The minimum Gasteiger partial charge on any atom is -0.496 e. The Kier molecular flexibility index (Phi) is 10.7. The van der Waals surface area contributed by atoms with E-state index in [0.29, 0.717) is 29.3 Å². The summed E-state index contributed by atoms with van der Waals surface area (Å²) < 4.78 is 24.3. The Bertz CT molecular complexity index is 1730. The van der Waals surface area contributed by atoms with Crippen LogP contribution in [0.15, 0.2) is 132 Å². The zero-order valence-corrected chi connectivity index (χ0v) is 26.7. The molecule has 0 aliphatic carbocycles. The quantitative estimate of drug-likeness (QED) is 0.123. The number of benzene rings is 5. The lowest BCUT2D eigenvalue weighted by molar-refractivity contribution is -0.245. The van der Waals surface area contributed by atoms with Crippen LogP contribution in [-0.4, -0.2) is 30.1 Å². The Hall–Kier alpha value is -4.80. The fraction of sp³-hybridized carbons (Fsp3) is 0.184. The maximum Gasteiger partial charge on any atom is 0.323 e. The van der Waals surface area contributed by atoms with Gasteiger partial charge in [0.2, 0.25) is 0 Å². The highest BCUT2D eigenvalue weighted by Gasteiger charge is 2.32. The smallest absolute Gasteiger partial charge is 0.323 e. The highest BCUT2D eigenvalue weighted by molar-refractivity contribution is 7.99. The molecular weight excluding hydrogens is 612 g/mol. The first-order valence-electron chi connectivity index (χ1n) is 15.3. The largest absolute Gasteiger partial charge is 0.496 e. The molecule has 1 aliphatic rings. The summed E-state index contributed by atoms with van der Waals surface area (Å²) in [5, 5.41) is 15.2. The van der Waals surface area contributed by atoms with Crippen molar-refractivity contribution in [1.82, 2.24) is 0 Å². The van der Waals surface area contributed by atoms with E-state index in [2.05, 4.69) is 10.6 Å². The molecule has 2 amide bonds. The average Bonchev–Trinajstić information content (AvgIpc) is 3.12. The minimum absolute atomic E-state index is 0.00981. The summed E-state index contributed by atoms with van der Waals surface area (Å²) in [6.45, 7) is -0.00981. The van der Waals surface area contributed by atoms with E-state index in [1.807, 2.05) is 103 Å². The summed E-state index contributed by atoms with van der Waals surface area (Å²) in [5.74, 6) is 2.96. The van der Waals surface area contributed by atoms with Crippen LogP contribution in [-0.2, 0) is 16.1 Å². The number of carbonyl (C=O) groups excluding carboxylic acids is 1. The van der Waals surface area contributed by atoms with Crippen LogP contribution in [0.2, 0.25) is 0 Å². The van der Waals surface area contributed by atoms with Gasteiger partial charge in [-0.05, 0) is 71.8 Å². The third-order valence-electron chi connectivity index (χ3n) is 7.64. The van der Waals surface area contributed by atoms with E-state index in [9.17, 15) is 9.90 Å². The lowest BCUT2D eigenvalue weighted by Gasteiger charge is -2.36. The van der Waals surface area contributed by atoms with E-state index in [4.69, 9.17) is 18.9 Å². The Labute approximate surface area is 278 Å². The van der Waals surface area contributed by atoms with Gasteiger partial charge in [-0.15, -0.1) is 11.8 Å². The molecule has 240 valence electrons.